The second-order valence-corrected chi connectivity index (χ2v) is 7.71. The van der Waals surface area contributed by atoms with Gasteiger partial charge in [-0.3, -0.25) is 0 Å². The van der Waals surface area contributed by atoms with Crippen molar-refractivity contribution in [2.45, 2.75) is 76.5 Å². The quantitative estimate of drug-likeness (QED) is 0.623. The number of hydrogen-bond acceptors (Lipinski definition) is 4. The third-order valence-electron chi connectivity index (χ3n) is 6.25. The van der Waals surface area contributed by atoms with Crippen LogP contribution in [0.4, 0.5) is 0 Å². The predicted octanol–water partition coefficient (Wildman–Crippen LogP) is 1.07. The fourth-order valence-corrected chi connectivity index (χ4v) is 4.72. The predicted molar refractivity (Wildman–Crippen MR) is 70.5 cm³/mol. The van der Waals surface area contributed by atoms with Gasteiger partial charge in [-0.1, -0.05) is 20.8 Å². The van der Waals surface area contributed by atoms with Crippen molar-refractivity contribution in [3.8, 4) is 0 Å². The van der Waals surface area contributed by atoms with Crippen molar-refractivity contribution in [3.05, 3.63) is 0 Å². The summed E-state index contributed by atoms with van der Waals surface area (Å²) in [6.45, 7) is 7.97. The zero-order valence-corrected chi connectivity index (χ0v) is 12.3. The topological polar surface area (TPSA) is 73.2 Å². The van der Waals surface area contributed by atoms with Gasteiger partial charge in [0, 0.05) is 5.92 Å². The maximum Gasteiger partial charge on any atom is 0.120 e. The monoisotopic (exact) mass is 270 g/mol. The number of ether oxygens (including phenoxy) is 1. The maximum atomic E-state index is 11.0. The zero-order chi connectivity index (χ0) is 14.2. The summed E-state index contributed by atoms with van der Waals surface area (Å²) >= 11 is 0. The minimum atomic E-state index is -0.856. The molecule has 0 spiro atoms. The summed E-state index contributed by atoms with van der Waals surface area (Å²) in [5, 5.41) is 32.1. The van der Waals surface area contributed by atoms with Gasteiger partial charge in [0.15, 0.2) is 0 Å². The van der Waals surface area contributed by atoms with E-state index in [1.54, 1.807) is 0 Å². The summed E-state index contributed by atoms with van der Waals surface area (Å²) in [6, 6.07) is 0. The SMILES string of the molecule is CC(C)C1(O)CCC2(C)CC(O)C3(C)OC3C(O)C21. The van der Waals surface area contributed by atoms with E-state index >= 15 is 0 Å². The fraction of sp³-hybridized carbons (Fsp3) is 1.00. The van der Waals surface area contributed by atoms with E-state index in [1.165, 1.54) is 0 Å². The molecule has 0 amide bonds. The van der Waals surface area contributed by atoms with Crippen LogP contribution in [0.1, 0.15) is 47.0 Å². The number of hydrogen-bond donors (Lipinski definition) is 3. The molecule has 7 unspecified atom stereocenters. The first kappa shape index (κ1) is 13.8. The van der Waals surface area contributed by atoms with Crippen LogP contribution in [0, 0.1) is 17.3 Å². The van der Waals surface area contributed by atoms with E-state index < -0.39 is 23.4 Å². The van der Waals surface area contributed by atoms with Crippen LogP contribution in [0.15, 0.2) is 0 Å². The normalized spacial score (nSPS) is 60.6. The Morgan fingerprint density at radius 2 is 1.79 bits per heavy atom. The van der Waals surface area contributed by atoms with Gasteiger partial charge in [-0.25, -0.2) is 0 Å². The van der Waals surface area contributed by atoms with E-state index in [0.717, 1.165) is 6.42 Å². The van der Waals surface area contributed by atoms with Crippen LogP contribution in [-0.4, -0.2) is 44.8 Å². The summed E-state index contributed by atoms with van der Waals surface area (Å²) in [5.41, 5.74) is -1.69. The van der Waals surface area contributed by atoms with Crippen molar-refractivity contribution in [3.63, 3.8) is 0 Å². The van der Waals surface area contributed by atoms with Gasteiger partial charge < -0.3 is 20.1 Å². The number of aliphatic hydroxyl groups is 3. The largest absolute Gasteiger partial charge is 0.390 e. The summed E-state index contributed by atoms with van der Waals surface area (Å²) in [7, 11) is 0. The zero-order valence-electron chi connectivity index (χ0n) is 12.3. The standard InChI is InChI=1S/C15H26O4/c1-8(2)15(18)6-5-13(3)7-9(16)14(4)12(19-14)10(17)11(13)15/h8-12,16-18H,5-7H2,1-4H3. The van der Waals surface area contributed by atoms with E-state index in [9.17, 15) is 15.3 Å². The smallest absolute Gasteiger partial charge is 0.120 e. The van der Waals surface area contributed by atoms with Gasteiger partial charge in [0.1, 0.15) is 11.7 Å². The minimum absolute atomic E-state index is 0.0919. The lowest BCUT2D eigenvalue weighted by atomic mass is 9.67. The second kappa shape index (κ2) is 3.73. The van der Waals surface area contributed by atoms with Crippen LogP contribution < -0.4 is 0 Å². The lowest BCUT2D eigenvalue weighted by Crippen LogP contribution is -2.50. The van der Waals surface area contributed by atoms with E-state index in [1.807, 2.05) is 20.8 Å². The second-order valence-electron chi connectivity index (χ2n) is 7.71. The molecule has 19 heavy (non-hydrogen) atoms. The Labute approximate surface area is 114 Å². The van der Waals surface area contributed by atoms with Crippen LogP contribution in [0.3, 0.4) is 0 Å². The van der Waals surface area contributed by atoms with Crippen LogP contribution in [0.2, 0.25) is 0 Å². The highest BCUT2D eigenvalue weighted by Crippen LogP contribution is 2.62. The van der Waals surface area contributed by atoms with Gasteiger partial charge in [-0.15, -0.1) is 0 Å². The Morgan fingerprint density at radius 1 is 1.16 bits per heavy atom. The summed E-state index contributed by atoms with van der Waals surface area (Å²) in [4.78, 5) is 0. The highest BCUT2D eigenvalue weighted by Gasteiger charge is 2.71. The number of fused-ring (bicyclic) bond motifs is 2. The molecule has 1 saturated heterocycles. The first-order chi connectivity index (χ1) is 8.65. The van der Waals surface area contributed by atoms with E-state index in [2.05, 4.69) is 6.92 Å². The van der Waals surface area contributed by atoms with Crippen molar-refractivity contribution in [1.29, 1.82) is 0 Å². The number of aliphatic hydroxyl groups excluding tert-OH is 2. The maximum absolute atomic E-state index is 11.0. The molecule has 3 N–H and O–H groups in total. The molecule has 2 aliphatic carbocycles. The first-order valence-corrected chi connectivity index (χ1v) is 7.41. The van der Waals surface area contributed by atoms with Crippen molar-refractivity contribution < 1.29 is 20.1 Å². The average molecular weight is 270 g/mol. The molecule has 0 aromatic rings. The third kappa shape index (κ3) is 1.60. The Kier molecular flexibility index (Phi) is 2.71. The molecular weight excluding hydrogens is 244 g/mol. The van der Waals surface area contributed by atoms with Gasteiger partial charge in [0.05, 0.1) is 17.8 Å². The van der Waals surface area contributed by atoms with Crippen molar-refractivity contribution in [2.75, 3.05) is 0 Å². The molecule has 3 fully saturated rings. The summed E-state index contributed by atoms with van der Waals surface area (Å²) < 4.78 is 5.58. The first-order valence-electron chi connectivity index (χ1n) is 7.41. The molecule has 3 aliphatic rings. The Morgan fingerprint density at radius 3 is 2.37 bits per heavy atom. The third-order valence-corrected chi connectivity index (χ3v) is 6.25. The number of rotatable bonds is 1. The molecule has 4 nitrogen and oxygen atoms in total. The van der Waals surface area contributed by atoms with Crippen molar-refractivity contribution >= 4 is 0 Å². The minimum Gasteiger partial charge on any atom is -0.390 e. The molecule has 1 heterocycles. The van der Waals surface area contributed by atoms with Gasteiger partial charge >= 0.3 is 0 Å². The van der Waals surface area contributed by atoms with Crippen LogP contribution in [-0.2, 0) is 4.74 Å². The number of epoxide rings is 1. The highest BCUT2D eigenvalue weighted by molar-refractivity contribution is 5.20. The molecule has 3 rings (SSSR count). The Balaban J connectivity index is 2.02. The molecule has 0 radical (unpaired) electrons. The lowest BCUT2D eigenvalue weighted by Gasteiger charge is -2.42. The van der Waals surface area contributed by atoms with E-state index in [0.29, 0.717) is 12.8 Å². The van der Waals surface area contributed by atoms with Crippen molar-refractivity contribution in [2.24, 2.45) is 17.3 Å². The Hall–Kier alpha value is -0.160. The van der Waals surface area contributed by atoms with Gasteiger partial charge in [-0.2, -0.15) is 0 Å². The molecule has 4 heteroatoms. The highest BCUT2D eigenvalue weighted by atomic mass is 16.6. The molecule has 2 saturated carbocycles. The Bertz CT molecular complexity index is 398. The lowest BCUT2D eigenvalue weighted by molar-refractivity contribution is -0.120. The molecular formula is C15H26O4. The molecule has 7 atom stereocenters. The van der Waals surface area contributed by atoms with E-state index in [-0.39, 0.29) is 23.4 Å². The van der Waals surface area contributed by atoms with Crippen LogP contribution >= 0.6 is 0 Å². The average Bonchev–Trinajstić information content (AvgIpc) is 2.93. The summed E-state index contributed by atoms with van der Waals surface area (Å²) in [6.07, 6.45) is 0.551. The van der Waals surface area contributed by atoms with E-state index in [4.69, 9.17) is 4.74 Å². The molecule has 0 aromatic heterocycles. The van der Waals surface area contributed by atoms with Gasteiger partial charge in [-0.05, 0) is 37.5 Å². The fourth-order valence-electron chi connectivity index (χ4n) is 4.72. The molecule has 0 aromatic carbocycles. The van der Waals surface area contributed by atoms with Gasteiger partial charge in [0.2, 0.25) is 0 Å². The van der Waals surface area contributed by atoms with Crippen LogP contribution in [0.25, 0.3) is 0 Å². The van der Waals surface area contributed by atoms with Crippen LogP contribution in [0.5, 0.6) is 0 Å². The summed E-state index contributed by atoms with van der Waals surface area (Å²) in [5.74, 6) is -0.127. The van der Waals surface area contributed by atoms with Crippen molar-refractivity contribution in [1.82, 2.24) is 0 Å². The molecule has 1 aliphatic heterocycles. The molecule has 0 bridgehead atoms. The molecule has 110 valence electrons. The van der Waals surface area contributed by atoms with Gasteiger partial charge in [0.25, 0.3) is 0 Å².